The van der Waals surface area contributed by atoms with Gasteiger partial charge in [-0.25, -0.2) is 4.79 Å². The van der Waals surface area contributed by atoms with E-state index in [4.69, 9.17) is 4.74 Å². The minimum atomic E-state index is -0.825. The number of fused-ring (bicyclic) bond motifs is 1. The van der Waals surface area contributed by atoms with Crippen LogP contribution in [-0.4, -0.2) is 41.4 Å². The number of aliphatic hydroxyl groups is 1. The van der Waals surface area contributed by atoms with E-state index in [1.165, 1.54) is 12.1 Å². The van der Waals surface area contributed by atoms with Crippen LogP contribution in [-0.2, 0) is 13.0 Å². The smallest absolute Gasteiger partial charge is 0.319 e. The summed E-state index contributed by atoms with van der Waals surface area (Å²) < 4.78 is 5.31. The molecule has 0 aliphatic rings. The van der Waals surface area contributed by atoms with E-state index in [-0.39, 0.29) is 17.3 Å². The Morgan fingerprint density at radius 2 is 1.89 bits per heavy atom. The van der Waals surface area contributed by atoms with Gasteiger partial charge in [-0.2, -0.15) is 0 Å². The van der Waals surface area contributed by atoms with Gasteiger partial charge in [0.2, 0.25) is 5.56 Å². The number of benzene rings is 3. The number of H-pyrrole nitrogens is 1. The van der Waals surface area contributed by atoms with Crippen LogP contribution in [0.15, 0.2) is 77.6 Å². The highest BCUT2D eigenvalue weighted by Gasteiger charge is 2.14. The van der Waals surface area contributed by atoms with Crippen LogP contribution in [0.2, 0.25) is 0 Å². The number of carbonyl (C=O) groups excluding carboxylic acids is 1. The highest BCUT2D eigenvalue weighted by atomic mass is 16.5. The summed E-state index contributed by atoms with van der Waals surface area (Å²) >= 11 is 0. The summed E-state index contributed by atoms with van der Waals surface area (Å²) in [7, 11) is 1.60. The third kappa shape index (κ3) is 6.66. The maximum Gasteiger partial charge on any atom is 0.319 e. The van der Waals surface area contributed by atoms with Crippen molar-refractivity contribution in [3.05, 3.63) is 99.8 Å². The van der Waals surface area contributed by atoms with Crippen LogP contribution >= 0.6 is 0 Å². The van der Waals surface area contributed by atoms with Crippen molar-refractivity contribution in [3.8, 4) is 11.5 Å². The molecule has 192 valence electrons. The first-order valence-electron chi connectivity index (χ1n) is 11.9. The summed E-state index contributed by atoms with van der Waals surface area (Å²) in [5.41, 5.74) is 3.19. The Morgan fingerprint density at radius 3 is 2.73 bits per heavy atom. The standard InChI is InChI=1S/C28H30N4O5/c1-37-25-8-3-2-6-19(25)16-30-28(36)31-20-7-4-5-18(15-20)13-14-29-17-24(34)21-9-11-23(33)27-22(21)10-12-26(35)32-27/h2-12,15,24,29,33-34H,13-14,16-17H2,1H3,(H,32,35)(H2,30,31,36)/t24-/m0/s1. The number of hydrogen-bond donors (Lipinski definition) is 6. The van der Waals surface area contributed by atoms with Crippen molar-refractivity contribution in [1.29, 1.82) is 0 Å². The number of anilines is 1. The van der Waals surface area contributed by atoms with Crippen LogP contribution in [0, 0.1) is 0 Å². The fourth-order valence-corrected chi connectivity index (χ4v) is 4.14. The molecule has 37 heavy (non-hydrogen) atoms. The molecule has 9 nitrogen and oxygen atoms in total. The van der Waals surface area contributed by atoms with E-state index >= 15 is 0 Å². The second kappa shape index (κ2) is 12.1. The molecule has 6 N–H and O–H groups in total. The molecule has 1 heterocycles. The Labute approximate surface area is 214 Å². The Hall–Kier alpha value is -4.34. The van der Waals surface area contributed by atoms with Crippen LogP contribution in [0.4, 0.5) is 10.5 Å². The molecule has 1 atom stereocenters. The van der Waals surface area contributed by atoms with Gasteiger partial charge in [0.25, 0.3) is 0 Å². The maximum absolute atomic E-state index is 12.4. The second-order valence-corrected chi connectivity index (χ2v) is 8.57. The quantitative estimate of drug-likeness (QED) is 0.184. The van der Waals surface area contributed by atoms with Crippen molar-refractivity contribution in [2.45, 2.75) is 19.1 Å². The van der Waals surface area contributed by atoms with Gasteiger partial charge >= 0.3 is 6.03 Å². The molecule has 0 radical (unpaired) electrons. The molecular weight excluding hydrogens is 472 g/mol. The largest absolute Gasteiger partial charge is 0.506 e. The van der Waals surface area contributed by atoms with Gasteiger partial charge in [-0.15, -0.1) is 0 Å². The summed E-state index contributed by atoms with van der Waals surface area (Å²) in [5.74, 6) is 0.675. The number of urea groups is 1. The number of hydrogen-bond acceptors (Lipinski definition) is 6. The number of ether oxygens (including phenoxy) is 1. The normalized spacial score (nSPS) is 11.7. The molecule has 1 aromatic heterocycles. The van der Waals surface area contributed by atoms with Gasteiger partial charge < -0.3 is 35.9 Å². The number of carbonyl (C=O) groups is 1. The number of amides is 2. The van der Waals surface area contributed by atoms with Crippen LogP contribution in [0.25, 0.3) is 10.9 Å². The number of aliphatic hydroxyl groups excluding tert-OH is 1. The average molecular weight is 503 g/mol. The second-order valence-electron chi connectivity index (χ2n) is 8.57. The van der Waals surface area contributed by atoms with Gasteiger partial charge in [-0.1, -0.05) is 36.4 Å². The van der Waals surface area contributed by atoms with E-state index in [9.17, 15) is 19.8 Å². The number of phenols is 1. The van der Waals surface area contributed by atoms with E-state index in [1.54, 1.807) is 19.2 Å². The summed E-state index contributed by atoms with van der Waals surface area (Å²) in [6.07, 6.45) is -0.136. The van der Waals surface area contributed by atoms with Crippen molar-refractivity contribution in [3.63, 3.8) is 0 Å². The minimum absolute atomic E-state index is 0.0430. The lowest BCUT2D eigenvalue weighted by Crippen LogP contribution is -2.28. The molecule has 0 fully saturated rings. The number of pyridine rings is 1. The molecule has 0 spiro atoms. The van der Waals surface area contributed by atoms with Crippen molar-refractivity contribution in [1.82, 2.24) is 15.6 Å². The van der Waals surface area contributed by atoms with Crippen LogP contribution < -0.4 is 26.2 Å². The number of nitrogens with one attached hydrogen (secondary N) is 4. The van der Waals surface area contributed by atoms with Crippen molar-refractivity contribution < 1.29 is 19.7 Å². The zero-order valence-corrected chi connectivity index (χ0v) is 20.5. The Kier molecular flexibility index (Phi) is 8.40. The zero-order chi connectivity index (χ0) is 26.2. The number of rotatable bonds is 10. The van der Waals surface area contributed by atoms with Gasteiger partial charge in [0.15, 0.2) is 0 Å². The van der Waals surface area contributed by atoms with Gasteiger partial charge in [-0.05, 0) is 54.4 Å². The van der Waals surface area contributed by atoms with E-state index < -0.39 is 6.10 Å². The Bertz CT molecular complexity index is 1440. The average Bonchev–Trinajstić information content (AvgIpc) is 2.90. The Morgan fingerprint density at radius 1 is 1.05 bits per heavy atom. The van der Waals surface area contributed by atoms with Crippen LogP contribution in [0.5, 0.6) is 11.5 Å². The predicted octanol–water partition coefficient (Wildman–Crippen LogP) is 3.43. The molecule has 3 aromatic carbocycles. The van der Waals surface area contributed by atoms with Crippen LogP contribution in [0.1, 0.15) is 22.8 Å². The lowest BCUT2D eigenvalue weighted by Gasteiger charge is -2.15. The predicted molar refractivity (Wildman–Crippen MR) is 143 cm³/mol. The number of phenolic OH excluding ortho intramolecular Hbond substituents is 1. The van der Waals surface area contributed by atoms with E-state index in [1.807, 2.05) is 48.5 Å². The highest BCUT2D eigenvalue weighted by molar-refractivity contribution is 5.89. The molecule has 4 aromatic rings. The molecule has 9 heteroatoms. The molecule has 0 saturated heterocycles. The number of methoxy groups -OCH3 is 1. The van der Waals surface area contributed by atoms with E-state index in [0.717, 1.165) is 16.9 Å². The SMILES string of the molecule is COc1ccccc1CNC(=O)Nc1cccc(CCNC[C@H](O)c2ccc(O)c3[nH]c(=O)ccc23)c1. The van der Waals surface area contributed by atoms with Gasteiger partial charge in [0.05, 0.1) is 18.7 Å². The molecule has 0 aliphatic heterocycles. The molecular formula is C28H30N4O5. The van der Waals surface area contributed by atoms with Crippen LogP contribution in [0.3, 0.4) is 0 Å². The first-order chi connectivity index (χ1) is 17.9. The molecule has 4 rings (SSSR count). The fraction of sp³-hybridized carbons (Fsp3) is 0.214. The lowest BCUT2D eigenvalue weighted by atomic mass is 10.0. The molecule has 2 amide bonds. The number of aromatic amines is 1. The number of aromatic nitrogens is 1. The molecule has 0 bridgehead atoms. The summed E-state index contributed by atoms with van der Waals surface area (Å²) in [6.45, 7) is 1.24. The lowest BCUT2D eigenvalue weighted by molar-refractivity contribution is 0.176. The van der Waals surface area contributed by atoms with E-state index in [2.05, 4.69) is 20.9 Å². The van der Waals surface area contributed by atoms with Gasteiger partial charge in [0, 0.05) is 35.8 Å². The third-order valence-corrected chi connectivity index (χ3v) is 6.01. The van der Waals surface area contributed by atoms with Crippen molar-refractivity contribution >= 4 is 22.6 Å². The minimum Gasteiger partial charge on any atom is -0.506 e. The maximum atomic E-state index is 12.4. The molecule has 0 aliphatic carbocycles. The van der Waals surface area contributed by atoms with Crippen molar-refractivity contribution in [2.24, 2.45) is 0 Å². The number of aromatic hydroxyl groups is 1. The molecule has 0 saturated carbocycles. The van der Waals surface area contributed by atoms with Gasteiger partial charge in [-0.3, -0.25) is 4.79 Å². The van der Waals surface area contributed by atoms with Gasteiger partial charge in [0.1, 0.15) is 11.5 Å². The summed E-state index contributed by atoms with van der Waals surface area (Å²) in [4.78, 5) is 26.6. The van der Waals surface area contributed by atoms with E-state index in [0.29, 0.717) is 48.2 Å². The Balaban J connectivity index is 1.27. The summed E-state index contributed by atoms with van der Waals surface area (Å²) in [5, 5.41) is 30.2. The zero-order valence-electron chi connectivity index (χ0n) is 20.5. The third-order valence-electron chi connectivity index (χ3n) is 6.01. The summed E-state index contributed by atoms with van der Waals surface area (Å²) in [6, 6.07) is 20.9. The van der Waals surface area contributed by atoms with Crippen molar-refractivity contribution in [2.75, 3.05) is 25.5 Å². The topological polar surface area (TPSA) is 136 Å². The highest BCUT2D eigenvalue weighted by Crippen LogP contribution is 2.28. The number of para-hydroxylation sites is 1. The monoisotopic (exact) mass is 502 g/mol. The first kappa shape index (κ1) is 25.7. The first-order valence-corrected chi connectivity index (χ1v) is 11.9. The fourth-order valence-electron chi connectivity index (χ4n) is 4.14. The molecule has 0 unspecified atom stereocenters.